The van der Waals surface area contributed by atoms with E-state index in [2.05, 4.69) is 22.9 Å². The van der Waals surface area contributed by atoms with E-state index >= 15 is 0 Å². The molecule has 0 heterocycles. The van der Waals surface area contributed by atoms with Gasteiger partial charge in [-0.2, -0.15) is 0 Å². The summed E-state index contributed by atoms with van der Waals surface area (Å²) < 4.78 is 7.04. The van der Waals surface area contributed by atoms with Gasteiger partial charge in [-0.3, -0.25) is 0 Å². The average Bonchev–Trinajstić information content (AvgIpc) is 2.38. The van der Waals surface area contributed by atoms with E-state index in [1.807, 2.05) is 18.2 Å². The predicted molar refractivity (Wildman–Crippen MR) is 80.0 cm³/mol. The van der Waals surface area contributed by atoms with Gasteiger partial charge in [-0.15, -0.1) is 0 Å². The highest BCUT2D eigenvalue weighted by Gasteiger charge is 2.21. The van der Waals surface area contributed by atoms with Crippen molar-refractivity contribution in [3.63, 3.8) is 0 Å². The molecule has 2 rings (SSSR count). The van der Waals surface area contributed by atoms with Crippen molar-refractivity contribution in [2.24, 2.45) is 5.92 Å². The van der Waals surface area contributed by atoms with Crippen LogP contribution in [0.15, 0.2) is 22.7 Å². The average molecular weight is 332 g/mol. The zero-order chi connectivity index (χ0) is 13.0. The summed E-state index contributed by atoms with van der Waals surface area (Å²) in [5.74, 6) is 0.851. The molecular formula is C15H20BrClO. The summed E-state index contributed by atoms with van der Waals surface area (Å²) in [6.45, 7) is 2.91. The van der Waals surface area contributed by atoms with Crippen LogP contribution in [-0.4, -0.2) is 6.10 Å². The minimum Gasteiger partial charge on any atom is -0.373 e. The summed E-state index contributed by atoms with van der Waals surface area (Å²) >= 11 is 9.61. The number of ether oxygens (including phenoxy) is 1. The van der Waals surface area contributed by atoms with Gasteiger partial charge in [0, 0.05) is 9.50 Å². The molecule has 0 N–H and O–H groups in total. The maximum Gasteiger partial charge on any atom is 0.0735 e. The second-order valence-corrected chi connectivity index (χ2v) is 6.43. The van der Waals surface area contributed by atoms with Crippen LogP contribution >= 0.6 is 27.5 Å². The largest absolute Gasteiger partial charge is 0.373 e. The van der Waals surface area contributed by atoms with E-state index in [0.29, 0.717) is 12.7 Å². The third-order valence-corrected chi connectivity index (χ3v) is 4.65. The van der Waals surface area contributed by atoms with Crippen molar-refractivity contribution in [1.82, 2.24) is 0 Å². The Labute approximate surface area is 123 Å². The van der Waals surface area contributed by atoms with Crippen LogP contribution < -0.4 is 0 Å². The van der Waals surface area contributed by atoms with Crippen molar-refractivity contribution in [2.45, 2.75) is 51.7 Å². The Kier molecular flexibility index (Phi) is 5.53. The fraction of sp³-hybridized carbons (Fsp3) is 0.600. The molecule has 1 nitrogen and oxygen atoms in total. The molecule has 0 radical (unpaired) electrons. The first-order valence-electron chi connectivity index (χ1n) is 6.74. The molecule has 1 fully saturated rings. The highest BCUT2D eigenvalue weighted by atomic mass is 79.9. The molecule has 3 heteroatoms. The van der Waals surface area contributed by atoms with E-state index < -0.39 is 0 Å². The lowest BCUT2D eigenvalue weighted by Crippen LogP contribution is -2.22. The highest BCUT2D eigenvalue weighted by molar-refractivity contribution is 9.10. The molecule has 2 unspecified atom stereocenters. The fourth-order valence-corrected chi connectivity index (χ4v) is 3.34. The summed E-state index contributed by atoms with van der Waals surface area (Å²) in [7, 11) is 0. The Morgan fingerprint density at radius 2 is 2.22 bits per heavy atom. The zero-order valence-corrected chi connectivity index (χ0v) is 13.1. The summed E-state index contributed by atoms with van der Waals surface area (Å²) in [5, 5.41) is 0.784. The van der Waals surface area contributed by atoms with Crippen molar-refractivity contribution in [3.05, 3.63) is 33.3 Å². The molecule has 1 aliphatic rings. The third-order valence-electron chi connectivity index (χ3n) is 3.80. The summed E-state index contributed by atoms with van der Waals surface area (Å²) in [6, 6.07) is 5.98. The molecule has 1 aliphatic carbocycles. The quantitative estimate of drug-likeness (QED) is 0.699. The standard InChI is InChI=1S/C15H20BrClO/c1-2-11-4-3-5-14(8-11)18-10-12-6-7-13(16)9-15(12)17/h6-7,9,11,14H,2-5,8,10H2,1H3. The molecule has 0 aromatic heterocycles. The number of benzene rings is 1. The van der Waals surface area contributed by atoms with E-state index in [-0.39, 0.29) is 0 Å². The van der Waals surface area contributed by atoms with Crippen LogP contribution in [0.3, 0.4) is 0 Å². The molecule has 0 spiro atoms. The Balaban J connectivity index is 1.87. The monoisotopic (exact) mass is 330 g/mol. The molecule has 0 saturated heterocycles. The van der Waals surface area contributed by atoms with Gasteiger partial charge in [-0.1, -0.05) is 59.8 Å². The molecule has 2 atom stereocenters. The smallest absolute Gasteiger partial charge is 0.0735 e. The minimum atomic E-state index is 0.420. The van der Waals surface area contributed by atoms with Gasteiger partial charge in [0.1, 0.15) is 0 Å². The summed E-state index contributed by atoms with van der Waals surface area (Å²) in [6.07, 6.45) is 6.78. The van der Waals surface area contributed by atoms with Gasteiger partial charge in [0.05, 0.1) is 12.7 Å². The van der Waals surface area contributed by atoms with Crippen LogP contribution in [-0.2, 0) is 11.3 Å². The first-order valence-corrected chi connectivity index (χ1v) is 7.91. The van der Waals surface area contributed by atoms with Gasteiger partial charge in [-0.05, 0) is 36.5 Å². The molecule has 1 saturated carbocycles. The Hall–Kier alpha value is -0.0500. The SMILES string of the molecule is CCC1CCCC(OCc2ccc(Br)cc2Cl)C1. The third kappa shape index (κ3) is 3.97. The lowest BCUT2D eigenvalue weighted by molar-refractivity contribution is 0.00180. The second-order valence-electron chi connectivity index (χ2n) is 5.11. The van der Waals surface area contributed by atoms with Crippen molar-refractivity contribution < 1.29 is 4.74 Å². The second kappa shape index (κ2) is 6.93. The number of hydrogen-bond acceptors (Lipinski definition) is 1. The van der Waals surface area contributed by atoms with Crippen LogP contribution in [0.1, 0.15) is 44.6 Å². The molecule has 1 aromatic rings. The first kappa shape index (κ1) is 14.4. The Morgan fingerprint density at radius 1 is 1.39 bits per heavy atom. The first-order chi connectivity index (χ1) is 8.69. The van der Waals surface area contributed by atoms with Gasteiger partial charge in [0.25, 0.3) is 0 Å². The molecule has 18 heavy (non-hydrogen) atoms. The molecule has 1 aromatic carbocycles. The number of halogens is 2. The van der Waals surface area contributed by atoms with Crippen LogP contribution in [0, 0.1) is 5.92 Å². The normalized spacial score (nSPS) is 24.2. The lowest BCUT2D eigenvalue weighted by Gasteiger charge is -2.28. The number of rotatable bonds is 4. The van der Waals surface area contributed by atoms with Crippen molar-refractivity contribution in [1.29, 1.82) is 0 Å². The molecule has 0 amide bonds. The van der Waals surface area contributed by atoms with Crippen LogP contribution in [0.4, 0.5) is 0 Å². The van der Waals surface area contributed by atoms with E-state index in [9.17, 15) is 0 Å². The van der Waals surface area contributed by atoms with Gasteiger partial charge in [0.15, 0.2) is 0 Å². The molecule has 0 aliphatic heterocycles. The zero-order valence-electron chi connectivity index (χ0n) is 10.8. The van der Waals surface area contributed by atoms with Gasteiger partial charge < -0.3 is 4.74 Å². The van der Waals surface area contributed by atoms with Crippen LogP contribution in [0.25, 0.3) is 0 Å². The lowest BCUT2D eigenvalue weighted by atomic mass is 9.85. The maximum atomic E-state index is 6.19. The van der Waals surface area contributed by atoms with Crippen molar-refractivity contribution in [2.75, 3.05) is 0 Å². The Morgan fingerprint density at radius 3 is 2.94 bits per heavy atom. The fourth-order valence-electron chi connectivity index (χ4n) is 2.61. The van der Waals surface area contributed by atoms with E-state index in [0.717, 1.165) is 21.0 Å². The van der Waals surface area contributed by atoms with Crippen LogP contribution in [0.2, 0.25) is 5.02 Å². The van der Waals surface area contributed by atoms with Crippen LogP contribution in [0.5, 0.6) is 0 Å². The van der Waals surface area contributed by atoms with Crippen molar-refractivity contribution in [3.8, 4) is 0 Å². The summed E-state index contributed by atoms with van der Waals surface area (Å²) in [4.78, 5) is 0. The van der Waals surface area contributed by atoms with Gasteiger partial charge in [0.2, 0.25) is 0 Å². The topological polar surface area (TPSA) is 9.23 Å². The maximum absolute atomic E-state index is 6.19. The van der Waals surface area contributed by atoms with Gasteiger partial charge in [-0.25, -0.2) is 0 Å². The Bertz CT molecular complexity index is 394. The number of hydrogen-bond donors (Lipinski definition) is 0. The minimum absolute atomic E-state index is 0.420. The predicted octanol–water partition coefficient (Wildman–Crippen LogP) is 5.59. The molecular weight excluding hydrogens is 312 g/mol. The van der Waals surface area contributed by atoms with Gasteiger partial charge >= 0.3 is 0 Å². The highest BCUT2D eigenvalue weighted by Crippen LogP contribution is 2.30. The molecule has 100 valence electrons. The summed E-state index contributed by atoms with van der Waals surface area (Å²) in [5.41, 5.74) is 1.08. The molecule has 0 bridgehead atoms. The van der Waals surface area contributed by atoms with Crippen molar-refractivity contribution >= 4 is 27.5 Å². The van der Waals surface area contributed by atoms with E-state index in [1.165, 1.54) is 32.1 Å². The van der Waals surface area contributed by atoms with E-state index in [1.54, 1.807) is 0 Å². The van der Waals surface area contributed by atoms with E-state index in [4.69, 9.17) is 16.3 Å².